The van der Waals surface area contributed by atoms with Gasteiger partial charge in [-0.2, -0.15) is 5.10 Å². The monoisotopic (exact) mass is 292 g/mol. The molecule has 3 N–H and O–H groups in total. The Morgan fingerprint density at radius 1 is 1.45 bits per heavy atom. The summed E-state index contributed by atoms with van der Waals surface area (Å²) in [4.78, 5) is 17.9. The topological polar surface area (TPSA) is 90.4 Å². The molecule has 1 heterocycles. The molecule has 0 atom stereocenters. The van der Waals surface area contributed by atoms with Crippen molar-refractivity contribution in [3.05, 3.63) is 50.9 Å². The molecular weight excluding hydrogens is 280 g/mol. The number of aromatic nitrogens is 2. The Bertz CT molecular complexity index is 725. The summed E-state index contributed by atoms with van der Waals surface area (Å²) < 4.78 is 0. The van der Waals surface area contributed by atoms with Crippen LogP contribution in [0.4, 0.5) is 5.95 Å². The molecule has 7 heteroatoms. The summed E-state index contributed by atoms with van der Waals surface area (Å²) in [5.41, 5.74) is 3.96. The molecule has 2 aromatic rings. The molecule has 2 rings (SSSR count). The van der Waals surface area contributed by atoms with Crippen LogP contribution < -0.4 is 11.0 Å². The van der Waals surface area contributed by atoms with Gasteiger partial charge in [-0.25, -0.2) is 10.4 Å². The third-order valence-corrected chi connectivity index (χ3v) is 2.78. The largest absolute Gasteiger partial charge is 0.507 e. The Balaban J connectivity index is 2.26. The average Bonchev–Trinajstić information content (AvgIpc) is 2.38. The summed E-state index contributed by atoms with van der Waals surface area (Å²) in [6, 6.07) is 6.05. The Labute approximate surface area is 120 Å². The van der Waals surface area contributed by atoms with Crippen molar-refractivity contribution in [1.82, 2.24) is 9.97 Å². The molecule has 6 nitrogen and oxygen atoms in total. The molecule has 1 aromatic carbocycles. The fourth-order valence-electron chi connectivity index (χ4n) is 1.63. The Morgan fingerprint density at radius 2 is 2.20 bits per heavy atom. The lowest BCUT2D eigenvalue weighted by Crippen LogP contribution is -2.11. The molecule has 0 bridgehead atoms. The third kappa shape index (κ3) is 3.36. The lowest BCUT2D eigenvalue weighted by atomic mass is 10.1. The fourth-order valence-corrected chi connectivity index (χ4v) is 1.80. The Kier molecular flexibility index (Phi) is 4.05. The number of aromatic amines is 1. The predicted molar refractivity (Wildman–Crippen MR) is 78.5 cm³/mol. The maximum absolute atomic E-state index is 11.3. The lowest BCUT2D eigenvalue weighted by molar-refractivity contribution is 0.474. The van der Waals surface area contributed by atoms with Crippen LogP contribution in [-0.4, -0.2) is 20.8 Å². The summed E-state index contributed by atoms with van der Waals surface area (Å²) in [6.07, 6.45) is 0. The summed E-state index contributed by atoms with van der Waals surface area (Å²) in [6.45, 7) is 3.41. The zero-order chi connectivity index (χ0) is 14.7. The van der Waals surface area contributed by atoms with E-state index in [1.54, 1.807) is 26.0 Å². The van der Waals surface area contributed by atoms with E-state index in [1.165, 1.54) is 12.1 Å². The molecule has 0 unspecified atom stereocenters. The maximum atomic E-state index is 11.3. The van der Waals surface area contributed by atoms with Crippen LogP contribution in [0.1, 0.15) is 18.2 Å². The van der Waals surface area contributed by atoms with E-state index in [0.29, 0.717) is 22.0 Å². The van der Waals surface area contributed by atoms with E-state index in [2.05, 4.69) is 20.5 Å². The molecule has 0 aliphatic carbocycles. The number of H-pyrrole nitrogens is 1. The van der Waals surface area contributed by atoms with Gasteiger partial charge in [-0.3, -0.25) is 9.78 Å². The highest BCUT2D eigenvalue weighted by Gasteiger charge is 2.06. The number of hydrazone groups is 1. The molecule has 1 aromatic heterocycles. The fraction of sp³-hybridized carbons (Fsp3) is 0.154. The molecule has 0 saturated heterocycles. The summed E-state index contributed by atoms with van der Waals surface area (Å²) >= 11 is 5.87. The molecule has 0 aliphatic heterocycles. The third-order valence-electron chi connectivity index (χ3n) is 2.55. The first kappa shape index (κ1) is 14.1. The van der Waals surface area contributed by atoms with Crippen molar-refractivity contribution < 1.29 is 5.11 Å². The molecule has 20 heavy (non-hydrogen) atoms. The van der Waals surface area contributed by atoms with Crippen molar-refractivity contribution >= 4 is 23.3 Å². The zero-order valence-corrected chi connectivity index (χ0v) is 11.7. The molecule has 0 amide bonds. The van der Waals surface area contributed by atoms with Crippen molar-refractivity contribution in [3.63, 3.8) is 0 Å². The number of phenolic OH excluding ortho intramolecular Hbond substituents is 1. The Morgan fingerprint density at radius 3 is 2.90 bits per heavy atom. The second kappa shape index (κ2) is 5.75. The van der Waals surface area contributed by atoms with E-state index < -0.39 is 0 Å². The van der Waals surface area contributed by atoms with Gasteiger partial charge in [-0.05, 0) is 32.0 Å². The van der Waals surface area contributed by atoms with Crippen molar-refractivity contribution in [2.45, 2.75) is 13.8 Å². The van der Waals surface area contributed by atoms with Crippen LogP contribution >= 0.6 is 11.6 Å². The first-order chi connectivity index (χ1) is 9.45. The van der Waals surface area contributed by atoms with E-state index in [4.69, 9.17) is 11.6 Å². The number of hydrogen-bond acceptors (Lipinski definition) is 5. The van der Waals surface area contributed by atoms with Crippen LogP contribution in [0.15, 0.2) is 34.2 Å². The van der Waals surface area contributed by atoms with Gasteiger partial charge < -0.3 is 5.11 Å². The number of nitrogens with zero attached hydrogens (tertiary/aromatic N) is 2. The second-order valence-electron chi connectivity index (χ2n) is 4.21. The summed E-state index contributed by atoms with van der Waals surface area (Å²) in [5.74, 6) is 0.305. The highest BCUT2D eigenvalue weighted by molar-refractivity contribution is 6.31. The second-order valence-corrected chi connectivity index (χ2v) is 4.64. The van der Waals surface area contributed by atoms with Gasteiger partial charge in [0.05, 0.1) is 5.71 Å². The minimum absolute atomic E-state index is 0.0724. The number of rotatable bonds is 3. The van der Waals surface area contributed by atoms with Gasteiger partial charge in [-0.15, -0.1) is 0 Å². The molecular formula is C13H13ClN4O2. The van der Waals surface area contributed by atoms with Crippen LogP contribution in [-0.2, 0) is 0 Å². The number of aromatic hydroxyl groups is 1. The number of anilines is 1. The normalized spacial score (nSPS) is 11.4. The van der Waals surface area contributed by atoms with Gasteiger partial charge in [0.15, 0.2) is 0 Å². The van der Waals surface area contributed by atoms with Gasteiger partial charge in [0.1, 0.15) is 5.75 Å². The van der Waals surface area contributed by atoms with E-state index in [-0.39, 0.29) is 17.3 Å². The SMILES string of the molecule is C/C(=N\Nc1nc(C)cc(=O)[nH]1)c1cc(Cl)ccc1O. The van der Waals surface area contributed by atoms with E-state index in [0.717, 1.165) is 0 Å². The number of hydrogen-bond donors (Lipinski definition) is 3. The number of phenols is 1. The van der Waals surface area contributed by atoms with E-state index >= 15 is 0 Å². The number of aryl methyl sites for hydroxylation is 1. The van der Waals surface area contributed by atoms with E-state index in [1.807, 2.05) is 0 Å². The van der Waals surface area contributed by atoms with Crippen LogP contribution in [0, 0.1) is 6.92 Å². The van der Waals surface area contributed by atoms with Crippen molar-refractivity contribution in [3.8, 4) is 5.75 Å². The zero-order valence-electron chi connectivity index (χ0n) is 10.9. The summed E-state index contributed by atoms with van der Waals surface area (Å²) in [7, 11) is 0. The van der Waals surface area contributed by atoms with Gasteiger partial charge in [0.2, 0.25) is 5.95 Å². The minimum atomic E-state index is -0.265. The molecule has 0 fully saturated rings. The molecule has 0 spiro atoms. The van der Waals surface area contributed by atoms with Crippen molar-refractivity contribution in [2.24, 2.45) is 5.10 Å². The predicted octanol–water partition coefficient (Wildman–Crippen LogP) is 2.27. The molecule has 0 saturated carbocycles. The minimum Gasteiger partial charge on any atom is -0.507 e. The van der Waals surface area contributed by atoms with Gasteiger partial charge in [-0.1, -0.05) is 11.6 Å². The Hall–Kier alpha value is -2.34. The average molecular weight is 293 g/mol. The number of benzene rings is 1. The van der Waals surface area contributed by atoms with Gasteiger partial charge >= 0.3 is 0 Å². The van der Waals surface area contributed by atoms with Crippen LogP contribution in [0.25, 0.3) is 0 Å². The number of halogens is 1. The van der Waals surface area contributed by atoms with E-state index in [9.17, 15) is 9.90 Å². The molecule has 0 aliphatic rings. The first-order valence-corrected chi connectivity index (χ1v) is 6.20. The lowest BCUT2D eigenvalue weighted by Gasteiger charge is -2.06. The number of nitrogens with one attached hydrogen (secondary N) is 2. The van der Waals surface area contributed by atoms with Crippen LogP contribution in [0.5, 0.6) is 5.75 Å². The van der Waals surface area contributed by atoms with Crippen molar-refractivity contribution in [1.29, 1.82) is 0 Å². The standard InChI is InChI=1S/C13H13ClN4O2/c1-7-5-12(20)16-13(15-7)18-17-8(2)10-6-9(14)3-4-11(10)19/h3-6,19H,1-2H3,(H2,15,16,18,20)/b17-8+. The smallest absolute Gasteiger partial charge is 0.252 e. The molecule has 0 radical (unpaired) electrons. The maximum Gasteiger partial charge on any atom is 0.252 e. The first-order valence-electron chi connectivity index (χ1n) is 5.83. The van der Waals surface area contributed by atoms with Crippen molar-refractivity contribution in [2.75, 3.05) is 5.43 Å². The van der Waals surface area contributed by atoms with Gasteiger partial charge in [0, 0.05) is 22.3 Å². The highest BCUT2D eigenvalue weighted by atomic mass is 35.5. The summed E-state index contributed by atoms with van der Waals surface area (Å²) in [5, 5.41) is 14.3. The van der Waals surface area contributed by atoms with Crippen LogP contribution in [0.2, 0.25) is 5.02 Å². The highest BCUT2D eigenvalue weighted by Crippen LogP contribution is 2.22. The van der Waals surface area contributed by atoms with Crippen LogP contribution in [0.3, 0.4) is 0 Å². The molecule has 104 valence electrons. The van der Waals surface area contributed by atoms with Gasteiger partial charge in [0.25, 0.3) is 5.56 Å². The quantitative estimate of drug-likeness (QED) is 0.598.